The van der Waals surface area contributed by atoms with Crippen LogP contribution in [0.3, 0.4) is 0 Å². The number of thiazole rings is 1. The number of fused-ring (bicyclic) bond motifs is 1. The van der Waals surface area contributed by atoms with Gasteiger partial charge in [0.25, 0.3) is 0 Å². The lowest BCUT2D eigenvalue weighted by molar-refractivity contribution is -0.124. The molecule has 3 aromatic rings. The van der Waals surface area contributed by atoms with Crippen molar-refractivity contribution in [2.75, 3.05) is 29.5 Å². The summed E-state index contributed by atoms with van der Waals surface area (Å²) < 4.78 is 20.0. The van der Waals surface area contributed by atoms with Crippen LogP contribution in [0.4, 0.5) is 15.2 Å². The van der Waals surface area contributed by atoms with Gasteiger partial charge in [-0.25, -0.2) is 9.37 Å². The number of amides is 2. The third-order valence-electron chi connectivity index (χ3n) is 6.16. The highest BCUT2D eigenvalue weighted by molar-refractivity contribution is 7.22. The molecule has 3 heterocycles. The molecule has 0 N–H and O–H groups in total. The molecule has 9 heteroatoms. The number of hydrogen-bond acceptors (Lipinski definition) is 5. The molecule has 2 saturated heterocycles. The number of benzene rings is 2. The summed E-state index contributed by atoms with van der Waals surface area (Å²) in [6.45, 7) is 3.27. The molecule has 2 unspecified atom stereocenters. The van der Waals surface area contributed by atoms with Gasteiger partial charge in [-0.05, 0) is 61.7 Å². The van der Waals surface area contributed by atoms with Gasteiger partial charge in [-0.3, -0.25) is 14.5 Å². The molecule has 0 aliphatic carbocycles. The van der Waals surface area contributed by atoms with Crippen LogP contribution in [-0.4, -0.2) is 42.6 Å². The second kappa shape index (κ2) is 9.00. The maximum Gasteiger partial charge on any atom is 0.234 e. The molecule has 0 spiro atoms. The van der Waals surface area contributed by atoms with Crippen LogP contribution in [0.5, 0.6) is 0 Å². The Hall–Kier alpha value is -2.55. The van der Waals surface area contributed by atoms with Crippen molar-refractivity contribution in [1.29, 1.82) is 0 Å². The molecule has 172 valence electrons. The van der Waals surface area contributed by atoms with Crippen LogP contribution in [-0.2, 0) is 14.3 Å². The van der Waals surface area contributed by atoms with E-state index in [2.05, 4.69) is 0 Å². The summed E-state index contributed by atoms with van der Waals surface area (Å²) in [7, 11) is 0. The number of nitrogens with zero attached hydrogens (tertiary/aromatic N) is 3. The number of aromatic nitrogens is 1. The van der Waals surface area contributed by atoms with Crippen LogP contribution in [0.2, 0.25) is 5.02 Å². The van der Waals surface area contributed by atoms with Crippen molar-refractivity contribution in [3.63, 3.8) is 0 Å². The SMILES string of the molecule is Cc1cc(Cl)cc2sc(N(CC3CCCO3)C(=O)C3CC(=O)N(c4ccc(F)cc4)C3)nc12. The van der Waals surface area contributed by atoms with Gasteiger partial charge in [0, 0.05) is 30.3 Å². The number of anilines is 2. The van der Waals surface area contributed by atoms with E-state index in [9.17, 15) is 14.0 Å². The van der Waals surface area contributed by atoms with Gasteiger partial charge in [0.2, 0.25) is 11.8 Å². The smallest absolute Gasteiger partial charge is 0.234 e. The summed E-state index contributed by atoms with van der Waals surface area (Å²) in [6.07, 6.45) is 1.89. The second-order valence-electron chi connectivity index (χ2n) is 8.53. The molecule has 2 aliphatic heterocycles. The Balaban J connectivity index is 1.44. The first-order chi connectivity index (χ1) is 15.9. The fourth-order valence-corrected chi connectivity index (χ4v) is 5.91. The van der Waals surface area contributed by atoms with Crippen molar-refractivity contribution in [3.8, 4) is 0 Å². The van der Waals surface area contributed by atoms with Crippen LogP contribution >= 0.6 is 22.9 Å². The van der Waals surface area contributed by atoms with Gasteiger partial charge in [-0.2, -0.15) is 0 Å². The second-order valence-corrected chi connectivity index (χ2v) is 9.98. The molecule has 6 nitrogen and oxygen atoms in total. The molecule has 2 aromatic carbocycles. The van der Waals surface area contributed by atoms with E-state index in [0.717, 1.165) is 28.6 Å². The predicted octanol–water partition coefficient (Wildman–Crippen LogP) is 4.96. The van der Waals surface area contributed by atoms with Crippen molar-refractivity contribution in [2.45, 2.75) is 32.3 Å². The Kier molecular flexibility index (Phi) is 6.07. The number of carbonyl (C=O) groups excluding carboxylic acids is 2. The van der Waals surface area contributed by atoms with Crippen molar-refractivity contribution in [1.82, 2.24) is 4.98 Å². The number of aryl methyl sites for hydroxylation is 1. The Labute approximate surface area is 199 Å². The molecular formula is C24H23ClFN3O3S. The van der Waals surface area contributed by atoms with Crippen LogP contribution in [0, 0.1) is 18.7 Å². The van der Waals surface area contributed by atoms with Crippen molar-refractivity contribution >= 4 is 55.8 Å². The van der Waals surface area contributed by atoms with E-state index in [1.165, 1.54) is 23.5 Å². The molecule has 2 fully saturated rings. The van der Waals surface area contributed by atoms with E-state index < -0.39 is 5.92 Å². The highest BCUT2D eigenvalue weighted by Crippen LogP contribution is 2.35. The molecule has 2 amide bonds. The first-order valence-electron chi connectivity index (χ1n) is 10.9. The number of ether oxygens (including phenoxy) is 1. The highest BCUT2D eigenvalue weighted by atomic mass is 35.5. The number of rotatable bonds is 5. The van der Waals surface area contributed by atoms with Gasteiger partial charge in [-0.1, -0.05) is 22.9 Å². The van der Waals surface area contributed by atoms with E-state index >= 15 is 0 Å². The maximum atomic E-state index is 13.7. The molecule has 0 bridgehead atoms. The van der Waals surface area contributed by atoms with Gasteiger partial charge < -0.3 is 9.64 Å². The minimum Gasteiger partial charge on any atom is -0.376 e. The van der Waals surface area contributed by atoms with Crippen molar-refractivity contribution in [2.24, 2.45) is 5.92 Å². The van der Waals surface area contributed by atoms with E-state index in [4.69, 9.17) is 21.3 Å². The fraction of sp³-hybridized carbons (Fsp3) is 0.375. The number of carbonyl (C=O) groups is 2. The summed E-state index contributed by atoms with van der Waals surface area (Å²) in [6, 6.07) is 9.46. The predicted molar refractivity (Wildman–Crippen MR) is 128 cm³/mol. The standard InChI is InChI=1S/C24H23ClFN3O3S/c1-14-9-16(25)11-20-22(14)27-24(33-20)29(13-19-3-2-8-32-19)23(31)15-10-21(30)28(12-15)18-6-4-17(26)5-7-18/h4-7,9,11,15,19H,2-3,8,10,12-13H2,1H3. The molecular weight excluding hydrogens is 465 g/mol. The highest BCUT2D eigenvalue weighted by Gasteiger charge is 2.39. The first kappa shape index (κ1) is 22.3. The third-order valence-corrected chi connectivity index (χ3v) is 7.40. The molecule has 2 atom stereocenters. The topological polar surface area (TPSA) is 62.7 Å². The summed E-state index contributed by atoms with van der Waals surface area (Å²) in [5.41, 5.74) is 2.36. The molecule has 2 aliphatic rings. The summed E-state index contributed by atoms with van der Waals surface area (Å²) >= 11 is 7.65. The number of halogens is 2. The zero-order valence-corrected chi connectivity index (χ0v) is 19.7. The zero-order chi connectivity index (χ0) is 23.1. The van der Waals surface area contributed by atoms with Gasteiger partial charge >= 0.3 is 0 Å². The average molecular weight is 488 g/mol. The van der Waals surface area contributed by atoms with Crippen LogP contribution in [0.25, 0.3) is 10.2 Å². The van der Waals surface area contributed by atoms with E-state index in [-0.39, 0.29) is 36.7 Å². The van der Waals surface area contributed by atoms with E-state index in [1.807, 2.05) is 19.1 Å². The maximum absolute atomic E-state index is 13.7. The van der Waals surface area contributed by atoms with Gasteiger partial charge in [-0.15, -0.1) is 0 Å². The van der Waals surface area contributed by atoms with Gasteiger partial charge in [0.15, 0.2) is 5.13 Å². The largest absolute Gasteiger partial charge is 0.376 e. The number of hydrogen-bond donors (Lipinski definition) is 0. The van der Waals surface area contributed by atoms with Crippen molar-refractivity contribution < 1.29 is 18.7 Å². The quantitative estimate of drug-likeness (QED) is 0.510. The lowest BCUT2D eigenvalue weighted by Gasteiger charge is -2.25. The lowest BCUT2D eigenvalue weighted by Crippen LogP contribution is -2.42. The summed E-state index contributed by atoms with van der Waals surface area (Å²) in [5.74, 6) is -1.18. The van der Waals surface area contributed by atoms with Crippen LogP contribution in [0.15, 0.2) is 36.4 Å². The fourth-order valence-electron chi connectivity index (χ4n) is 4.48. The third kappa shape index (κ3) is 4.47. The van der Waals surface area contributed by atoms with Crippen molar-refractivity contribution in [3.05, 3.63) is 52.8 Å². The Morgan fingerprint density at radius 1 is 1.33 bits per heavy atom. The monoisotopic (exact) mass is 487 g/mol. The molecule has 0 saturated carbocycles. The van der Waals surface area contributed by atoms with Gasteiger partial charge in [0.05, 0.1) is 28.8 Å². The normalized spacial score (nSPS) is 20.7. The van der Waals surface area contributed by atoms with E-state index in [1.54, 1.807) is 21.9 Å². The molecule has 33 heavy (non-hydrogen) atoms. The van der Waals surface area contributed by atoms with E-state index in [0.29, 0.717) is 29.0 Å². The molecule has 5 rings (SSSR count). The van der Waals surface area contributed by atoms with Gasteiger partial charge in [0.1, 0.15) is 5.82 Å². The Morgan fingerprint density at radius 2 is 2.12 bits per heavy atom. The lowest BCUT2D eigenvalue weighted by atomic mass is 10.1. The first-order valence-corrected chi connectivity index (χ1v) is 12.1. The average Bonchev–Trinajstić information content (AvgIpc) is 3.52. The summed E-state index contributed by atoms with van der Waals surface area (Å²) in [5, 5.41) is 1.21. The van der Waals surface area contributed by atoms with Crippen LogP contribution in [0.1, 0.15) is 24.8 Å². The summed E-state index contributed by atoms with van der Waals surface area (Å²) in [4.78, 5) is 34.4. The minimum atomic E-state index is -0.513. The molecule has 0 radical (unpaired) electrons. The molecule has 1 aromatic heterocycles. The van der Waals surface area contributed by atoms with Crippen LogP contribution < -0.4 is 9.80 Å². The Morgan fingerprint density at radius 3 is 2.85 bits per heavy atom. The minimum absolute atomic E-state index is 0.0593. The Bertz CT molecular complexity index is 1210. The zero-order valence-electron chi connectivity index (χ0n) is 18.1.